The van der Waals surface area contributed by atoms with E-state index < -0.39 is 0 Å². The second-order valence-corrected chi connectivity index (χ2v) is 6.02. The fourth-order valence-electron chi connectivity index (χ4n) is 2.70. The summed E-state index contributed by atoms with van der Waals surface area (Å²) in [6.45, 7) is 9.97. The van der Waals surface area contributed by atoms with Gasteiger partial charge in [-0.25, -0.2) is 9.97 Å². The molecule has 1 aliphatic rings. The molecule has 1 aromatic rings. The Bertz CT molecular complexity index is 473. The third-order valence-electron chi connectivity index (χ3n) is 4.10. The smallest absolute Gasteiger partial charge is 0.137 e. The number of nitrogens with one attached hydrogen (secondary N) is 1. The lowest BCUT2D eigenvalue weighted by atomic mass is 10.0. The van der Waals surface area contributed by atoms with Gasteiger partial charge in [0.05, 0.1) is 6.10 Å². The van der Waals surface area contributed by atoms with Crippen molar-refractivity contribution in [3.05, 3.63) is 11.4 Å². The van der Waals surface area contributed by atoms with Gasteiger partial charge in [0.15, 0.2) is 0 Å². The number of anilines is 2. The van der Waals surface area contributed by atoms with Crippen LogP contribution in [0.2, 0.25) is 0 Å². The van der Waals surface area contributed by atoms with Crippen molar-refractivity contribution < 1.29 is 5.11 Å². The lowest BCUT2D eigenvalue weighted by Crippen LogP contribution is -2.26. The number of hydrogen-bond donors (Lipinski definition) is 2. The molecule has 0 aliphatic carbocycles. The average Bonchev–Trinajstić information content (AvgIpc) is 2.88. The van der Waals surface area contributed by atoms with Crippen LogP contribution >= 0.6 is 0 Å². The van der Waals surface area contributed by atoms with Crippen LogP contribution in [0.1, 0.15) is 44.5 Å². The SMILES string of the molecule is CNc1nc(C(C)C)nc(N2CCC(C(C)O)C2)c1C. The highest BCUT2D eigenvalue weighted by atomic mass is 16.3. The Balaban J connectivity index is 2.33. The van der Waals surface area contributed by atoms with E-state index in [0.717, 1.165) is 42.5 Å². The van der Waals surface area contributed by atoms with E-state index >= 15 is 0 Å². The van der Waals surface area contributed by atoms with E-state index in [4.69, 9.17) is 4.98 Å². The van der Waals surface area contributed by atoms with Crippen LogP contribution in [0.25, 0.3) is 0 Å². The first-order chi connectivity index (χ1) is 9.43. The molecule has 1 aromatic heterocycles. The summed E-state index contributed by atoms with van der Waals surface area (Å²) in [5.41, 5.74) is 1.09. The molecule has 112 valence electrons. The number of hydrogen-bond acceptors (Lipinski definition) is 5. The van der Waals surface area contributed by atoms with Crippen LogP contribution < -0.4 is 10.2 Å². The Labute approximate surface area is 121 Å². The van der Waals surface area contributed by atoms with Gasteiger partial charge < -0.3 is 15.3 Å². The third-order valence-corrected chi connectivity index (χ3v) is 4.10. The molecular formula is C15H26N4O. The van der Waals surface area contributed by atoms with Gasteiger partial charge >= 0.3 is 0 Å². The topological polar surface area (TPSA) is 61.3 Å². The van der Waals surface area contributed by atoms with Gasteiger partial charge in [0.1, 0.15) is 17.5 Å². The zero-order valence-electron chi connectivity index (χ0n) is 13.1. The number of aromatic nitrogens is 2. The molecule has 2 heterocycles. The summed E-state index contributed by atoms with van der Waals surface area (Å²) >= 11 is 0. The molecule has 5 nitrogen and oxygen atoms in total. The average molecular weight is 278 g/mol. The summed E-state index contributed by atoms with van der Waals surface area (Å²) in [7, 11) is 1.89. The Morgan fingerprint density at radius 3 is 2.50 bits per heavy atom. The van der Waals surface area contributed by atoms with Crippen LogP contribution in [0, 0.1) is 12.8 Å². The maximum atomic E-state index is 9.76. The van der Waals surface area contributed by atoms with Gasteiger partial charge in [0, 0.05) is 37.5 Å². The van der Waals surface area contributed by atoms with E-state index in [0.29, 0.717) is 11.8 Å². The van der Waals surface area contributed by atoms with Crippen molar-refractivity contribution in [2.75, 3.05) is 30.4 Å². The highest BCUT2D eigenvalue weighted by Crippen LogP contribution is 2.30. The predicted molar refractivity (Wildman–Crippen MR) is 82.4 cm³/mol. The van der Waals surface area contributed by atoms with Crippen LogP contribution in [-0.2, 0) is 0 Å². The van der Waals surface area contributed by atoms with Gasteiger partial charge in [-0.05, 0) is 20.3 Å². The van der Waals surface area contributed by atoms with Gasteiger partial charge in [-0.15, -0.1) is 0 Å². The van der Waals surface area contributed by atoms with Crippen LogP contribution in [0.3, 0.4) is 0 Å². The standard InChI is InChI=1S/C15H26N4O/c1-9(2)13-17-14(16-5)10(3)15(18-13)19-7-6-12(8-19)11(4)20/h9,11-12,20H,6-8H2,1-5H3,(H,16,17,18). The zero-order chi connectivity index (χ0) is 14.9. The van der Waals surface area contributed by atoms with E-state index in [2.05, 4.69) is 36.0 Å². The molecule has 5 heteroatoms. The Hall–Kier alpha value is -1.36. The number of rotatable bonds is 4. The fourth-order valence-corrected chi connectivity index (χ4v) is 2.70. The summed E-state index contributed by atoms with van der Waals surface area (Å²) in [4.78, 5) is 11.6. The second-order valence-electron chi connectivity index (χ2n) is 6.02. The molecule has 2 unspecified atom stereocenters. The molecule has 0 radical (unpaired) electrons. The normalized spacial score (nSPS) is 20.6. The lowest BCUT2D eigenvalue weighted by Gasteiger charge is -2.23. The summed E-state index contributed by atoms with van der Waals surface area (Å²) in [6.07, 6.45) is 0.767. The number of aliphatic hydroxyl groups excluding tert-OH is 1. The quantitative estimate of drug-likeness (QED) is 0.883. The van der Waals surface area contributed by atoms with E-state index in [1.165, 1.54) is 0 Å². The van der Waals surface area contributed by atoms with Crippen molar-refractivity contribution in [2.45, 2.75) is 46.1 Å². The van der Waals surface area contributed by atoms with Crippen molar-refractivity contribution in [1.29, 1.82) is 0 Å². The lowest BCUT2D eigenvalue weighted by molar-refractivity contribution is 0.136. The predicted octanol–water partition coefficient (Wildman–Crippen LogP) is 2.16. The van der Waals surface area contributed by atoms with Crippen LogP contribution in [0.15, 0.2) is 0 Å². The van der Waals surface area contributed by atoms with Gasteiger partial charge in [-0.2, -0.15) is 0 Å². The third kappa shape index (κ3) is 2.87. The van der Waals surface area contributed by atoms with Crippen molar-refractivity contribution in [3.8, 4) is 0 Å². The first-order valence-electron chi connectivity index (χ1n) is 7.43. The molecule has 1 fully saturated rings. The molecule has 0 bridgehead atoms. The second kappa shape index (κ2) is 5.95. The van der Waals surface area contributed by atoms with Crippen molar-refractivity contribution in [2.24, 2.45) is 5.92 Å². The molecule has 0 saturated carbocycles. The largest absolute Gasteiger partial charge is 0.393 e. The van der Waals surface area contributed by atoms with Crippen LogP contribution in [0.4, 0.5) is 11.6 Å². The minimum atomic E-state index is -0.254. The van der Waals surface area contributed by atoms with Crippen molar-refractivity contribution in [3.63, 3.8) is 0 Å². The summed E-state index contributed by atoms with van der Waals surface area (Å²) in [5.74, 6) is 3.42. The summed E-state index contributed by atoms with van der Waals surface area (Å²) in [5, 5.41) is 12.9. The van der Waals surface area contributed by atoms with E-state index in [-0.39, 0.29) is 6.10 Å². The Morgan fingerprint density at radius 1 is 1.30 bits per heavy atom. The van der Waals surface area contributed by atoms with Gasteiger partial charge in [0.25, 0.3) is 0 Å². The molecular weight excluding hydrogens is 252 g/mol. The van der Waals surface area contributed by atoms with Gasteiger partial charge in [0.2, 0.25) is 0 Å². The highest BCUT2D eigenvalue weighted by Gasteiger charge is 2.28. The molecule has 2 N–H and O–H groups in total. The van der Waals surface area contributed by atoms with Gasteiger partial charge in [-0.1, -0.05) is 13.8 Å². The van der Waals surface area contributed by atoms with Crippen LogP contribution in [0.5, 0.6) is 0 Å². The minimum Gasteiger partial charge on any atom is -0.393 e. The van der Waals surface area contributed by atoms with Crippen molar-refractivity contribution >= 4 is 11.6 Å². The summed E-state index contributed by atoms with van der Waals surface area (Å²) in [6, 6.07) is 0. The molecule has 0 spiro atoms. The maximum absolute atomic E-state index is 9.76. The monoisotopic (exact) mass is 278 g/mol. The molecule has 1 saturated heterocycles. The molecule has 2 atom stereocenters. The Kier molecular flexibility index (Phi) is 4.48. The molecule has 0 aromatic carbocycles. The summed E-state index contributed by atoms with van der Waals surface area (Å²) < 4.78 is 0. The number of nitrogens with zero attached hydrogens (tertiary/aromatic N) is 3. The first-order valence-corrected chi connectivity index (χ1v) is 7.43. The molecule has 20 heavy (non-hydrogen) atoms. The van der Waals surface area contributed by atoms with Crippen LogP contribution in [-0.4, -0.2) is 41.3 Å². The Morgan fingerprint density at radius 2 is 2.00 bits per heavy atom. The number of aliphatic hydroxyl groups is 1. The molecule has 0 amide bonds. The zero-order valence-corrected chi connectivity index (χ0v) is 13.1. The first kappa shape index (κ1) is 15.0. The maximum Gasteiger partial charge on any atom is 0.137 e. The van der Waals surface area contributed by atoms with Gasteiger partial charge in [-0.3, -0.25) is 0 Å². The van der Waals surface area contributed by atoms with E-state index in [9.17, 15) is 5.11 Å². The van der Waals surface area contributed by atoms with E-state index in [1.807, 2.05) is 14.0 Å². The minimum absolute atomic E-state index is 0.254. The van der Waals surface area contributed by atoms with E-state index in [1.54, 1.807) is 0 Å². The fraction of sp³-hybridized carbons (Fsp3) is 0.733. The van der Waals surface area contributed by atoms with Crippen molar-refractivity contribution in [1.82, 2.24) is 9.97 Å². The molecule has 2 rings (SSSR count). The highest BCUT2D eigenvalue weighted by molar-refractivity contribution is 5.59. The molecule has 1 aliphatic heterocycles.